The van der Waals surface area contributed by atoms with Gasteiger partial charge in [0, 0.05) is 4.43 Å². The van der Waals surface area contributed by atoms with Gasteiger partial charge in [-0.2, -0.15) is 0 Å². The highest BCUT2D eigenvalue weighted by Gasteiger charge is 2.47. The van der Waals surface area contributed by atoms with Gasteiger partial charge in [0.05, 0.1) is 12.2 Å². The van der Waals surface area contributed by atoms with Crippen molar-refractivity contribution in [3.8, 4) is 0 Å². The molecule has 0 aromatic heterocycles. The molecule has 0 unspecified atom stereocenters. The van der Waals surface area contributed by atoms with Crippen LogP contribution in [0.2, 0.25) is 18.1 Å². The molecule has 1 aliphatic rings. The third-order valence-electron chi connectivity index (χ3n) is 4.17. The zero-order valence-corrected chi connectivity index (χ0v) is 17.0. The van der Waals surface area contributed by atoms with Gasteiger partial charge in [-0.05, 0) is 32.0 Å². The van der Waals surface area contributed by atoms with Crippen molar-refractivity contribution in [2.45, 2.75) is 76.8 Å². The highest BCUT2D eigenvalue weighted by molar-refractivity contribution is 14.1. The van der Waals surface area contributed by atoms with Crippen LogP contribution in [0.25, 0.3) is 0 Å². The van der Waals surface area contributed by atoms with Crippen LogP contribution < -0.4 is 0 Å². The van der Waals surface area contributed by atoms with Crippen molar-refractivity contribution >= 4 is 30.9 Å². The fraction of sp³-hybridized carbons (Fsp3) is 0.867. The summed E-state index contributed by atoms with van der Waals surface area (Å²) < 4.78 is 19.4. The summed E-state index contributed by atoms with van der Waals surface area (Å²) in [5.74, 6) is -0.543. The van der Waals surface area contributed by atoms with Gasteiger partial charge in [-0.3, -0.25) is 0 Å². The Morgan fingerprint density at radius 1 is 1.35 bits per heavy atom. The Morgan fingerprint density at radius 2 is 1.90 bits per heavy atom. The van der Waals surface area contributed by atoms with E-state index >= 15 is 0 Å². The van der Waals surface area contributed by atoms with Crippen molar-refractivity contribution in [3.63, 3.8) is 0 Å². The Kier molecular flexibility index (Phi) is 5.92. The molecule has 0 N–H and O–H groups in total. The maximum Gasteiger partial charge on any atom is 0.193 e. The summed E-state index contributed by atoms with van der Waals surface area (Å²) in [7, 11) is -1.85. The SMILES string of the molecule is C=C[C@@H](O[Si](C)(C)C(C)(C)C)[C@H]1OC(C)(C)O[C@H]1CI. The standard InChI is InChI=1S/C15H29IO3Si/c1-9-11(19-20(7,8)14(2,3)4)13-12(10-16)17-15(5,6)18-13/h9,11-13H,1,10H2,2-8H3/t11-,12+,13-/m1/s1. The average Bonchev–Trinajstić information content (AvgIpc) is 2.60. The van der Waals surface area contributed by atoms with Crippen LogP contribution in [0, 0.1) is 0 Å². The highest BCUT2D eigenvalue weighted by Crippen LogP contribution is 2.40. The molecule has 1 heterocycles. The summed E-state index contributed by atoms with van der Waals surface area (Å²) in [5, 5.41) is 0.170. The predicted molar refractivity (Wildman–Crippen MR) is 95.0 cm³/mol. The molecule has 0 spiro atoms. The molecule has 0 aromatic rings. The molecular weight excluding hydrogens is 383 g/mol. The van der Waals surface area contributed by atoms with E-state index in [0.29, 0.717) is 0 Å². The molecule has 0 bridgehead atoms. The quantitative estimate of drug-likeness (QED) is 0.288. The molecule has 1 fully saturated rings. The third-order valence-corrected chi connectivity index (χ3v) is 9.51. The van der Waals surface area contributed by atoms with Crippen LogP contribution in [-0.2, 0) is 13.9 Å². The first-order valence-corrected chi connectivity index (χ1v) is 11.6. The Morgan fingerprint density at radius 3 is 2.30 bits per heavy atom. The van der Waals surface area contributed by atoms with Gasteiger partial charge in [0.1, 0.15) is 6.10 Å². The normalized spacial score (nSPS) is 28.4. The lowest BCUT2D eigenvalue weighted by Gasteiger charge is -2.40. The minimum Gasteiger partial charge on any atom is -0.408 e. The summed E-state index contributed by atoms with van der Waals surface area (Å²) in [6.07, 6.45) is 1.74. The second kappa shape index (κ2) is 6.36. The minimum atomic E-state index is -1.85. The van der Waals surface area contributed by atoms with Gasteiger partial charge in [0.15, 0.2) is 14.1 Å². The van der Waals surface area contributed by atoms with E-state index in [-0.39, 0.29) is 23.4 Å². The van der Waals surface area contributed by atoms with Gasteiger partial charge in [0.25, 0.3) is 0 Å². The van der Waals surface area contributed by atoms with Crippen LogP contribution in [0.5, 0.6) is 0 Å². The van der Waals surface area contributed by atoms with E-state index < -0.39 is 14.1 Å². The first-order valence-electron chi connectivity index (χ1n) is 7.15. The number of rotatable bonds is 5. The smallest absolute Gasteiger partial charge is 0.193 e. The number of hydrogen-bond acceptors (Lipinski definition) is 3. The van der Waals surface area contributed by atoms with Crippen LogP contribution in [0.3, 0.4) is 0 Å². The average molecular weight is 412 g/mol. The van der Waals surface area contributed by atoms with Gasteiger partial charge in [-0.15, -0.1) is 6.58 Å². The predicted octanol–water partition coefficient (Wildman–Crippen LogP) is 4.52. The van der Waals surface area contributed by atoms with E-state index in [0.717, 1.165) is 4.43 Å². The van der Waals surface area contributed by atoms with E-state index in [1.54, 1.807) is 0 Å². The van der Waals surface area contributed by atoms with E-state index in [4.69, 9.17) is 13.9 Å². The zero-order chi connectivity index (χ0) is 15.8. The number of alkyl halides is 1. The maximum absolute atomic E-state index is 6.47. The molecular formula is C15H29IO3Si. The fourth-order valence-corrected chi connectivity index (χ4v) is 3.97. The topological polar surface area (TPSA) is 27.7 Å². The van der Waals surface area contributed by atoms with Crippen molar-refractivity contribution in [2.24, 2.45) is 0 Å². The molecule has 118 valence electrons. The van der Waals surface area contributed by atoms with Crippen molar-refractivity contribution in [2.75, 3.05) is 4.43 Å². The summed E-state index contributed by atoms with van der Waals surface area (Å²) >= 11 is 2.34. The van der Waals surface area contributed by atoms with Gasteiger partial charge in [-0.1, -0.05) is 49.4 Å². The van der Waals surface area contributed by atoms with Crippen LogP contribution in [0.4, 0.5) is 0 Å². The van der Waals surface area contributed by atoms with Crippen LogP contribution >= 0.6 is 22.6 Å². The molecule has 0 amide bonds. The Labute approximate surface area is 138 Å². The molecule has 20 heavy (non-hydrogen) atoms. The number of halogens is 1. The highest BCUT2D eigenvalue weighted by atomic mass is 127. The lowest BCUT2D eigenvalue weighted by atomic mass is 10.1. The Bertz CT molecular complexity index is 350. The van der Waals surface area contributed by atoms with Crippen molar-refractivity contribution in [1.29, 1.82) is 0 Å². The van der Waals surface area contributed by atoms with E-state index in [1.807, 2.05) is 19.9 Å². The third kappa shape index (κ3) is 4.29. The number of ether oxygens (including phenoxy) is 2. The molecule has 0 aromatic carbocycles. The second-order valence-corrected chi connectivity index (χ2v) is 13.0. The summed E-state index contributed by atoms with van der Waals surface area (Å²) in [6.45, 7) is 19.1. The number of hydrogen-bond donors (Lipinski definition) is 0. The monoisotopic (exact) mass is 412 g/mol. The van der Waals surface area contributed by atoms with Crippen LogP contribution in [0.15, 0.2) is 12.7 Å². The van der Waals surface area contributed by atoms with Crippen LogP contribution in [-0.4, -0.2) is 36.8 Å². The molecule has 0 radical (unpaired) electrons. The van der Waals surface area contributed by atoms with Gasteiger partial charge in [-0.25, -0.2) is 0 Å². The minimum absolute atomic E-state index is 0.0540. The molecule has 3 nitrogen and oxygen atoms in total. The molecule has 1 saturated heterocycles. The van der Waals surface area contributed by atoms with Crippen molar-refractivity contribution < 1.29 is 13.9 Å². The van der Waals surface area contributed by atoms with Gasteiger partial charge >= 0.3 is 0 Å². The molecule has 1 rings (SSSR count). The lowest BCUT2D eigenvalue weighted by Crippen LogP contribution is -2.48. The Balaban J connectivity index is 2.89. The summed E-state index contributed by atoms with van der Waals surface area (Å²) in [5.41, 5.74) is 0. The zero-order valence-electron chi connectivity index (χ0n) is 13.8. The Hall–Kier alpha value is 0.567. The molecule has 0 aliphatic carbocycles. The van der Waals surface area contributed by atoms with Crippen molar-refractivity contribution in [3.05, 3.63) is 12.7 Å². The van der Waals surface area contributed by atoms with Crippen LogP contribution in [0.1, 0.15) is 34.6 Å². The van der Waals surface area contributed by atoms with E-state index in [2.05, 4.69) is 63.0 Å². The lowest BCUT2D eigenvalue weighted by molar-refractivity contribution is -0.150. The maximum atomic E-state index is 6.47. The van der Waals surface area contributed by atoms with Gasteiger partial charge < -0.3 is 13.9 Å². The molecule has 3 atom stereocenters. The summed E-state index contributed by atoms with van der Waals surface area (Å²) in [6, 6.07) is 0. The van der Waals surface area contributed by atoms with E-state index in [9.17, 15) is 0 Å². The first kappa shape index (κ1) is 18.6. The molecule has 5 heteroatoms. The molecule has 0 saturated carbocycles. The molecule has 1 aliphatic heterocycles. The first-order chi connectivity index (χ1) is 8.93. The van der Waals surface area contributed by atoms with Crippen molar-refractivity contribution in [1.82, 2.24) is 0 Å². The summed E-state index contributed by atoms with van der Waals surface area (Å²) in [4.78, 5) is 0. The van der Waals surface area contributed by atoms with E-state index in [1.165, 1.54) is 0 Å². The fourth-order valence-electron chi connectivity index (χ4n) is 2.03. The largest absolute Gasteiger partial charge is 0.408 e. The second-order valence-electron chi connectivity index (χ2n) is 7.37. The van der Waals surface area contributed by atoms with Gasteiger partial charge in [0.2, 0.25) is 0 Å².